The van der Waals surface area contributed by atoms with Crippen LogP contribution in [0.25, 0.3) is 0 Å². The number of carbonyl (C=O) groups excluding carboxylic acids is 2. The van der Waals surface area contributed by atoms with Crippen LogP contribution in [0.1, 0.15) is 20.7 Å². The van der Waals surface area contributed by atoms with Gasteiger partial charge in [0.05, 0.1) is 0 Å². The number of rotatable bonds is 5. The molecule has 11 nitrogen and oxygen atoms in total. The van der Waals surface area contributed by atoms with Gasteiger partial charge in [-0.3, -0.25) is 34.9 Å². The molecule has 13 heteroatoms. The highest BCUT2D eigenvalue weighted by molar-refractivity contribution is 7.92. The molecule has 3 rings (SSSR count). The van der Waals surface area contributed by atoms with Crippen LogP contribution in [0.5, 0.6) is 0 Å². The van der Waals surface area contributed by atoms with Gasteiger partial charge < -0.3 is 4.98 Å². The fourth-order valence-electron chi connectivity index (χ4n) is 2.38. The van der Waals surface area contributed by atoms with E-state index in [1.165, 1.54) is 36.4 Å². The fraction of sp³-hybridized carbons (Fsp3) is 0. The summed E-state index contributed by atoms with van der Waals surface area (Å²) in [5.74, 6) is -1.23. The fourth-order valence-corrected chi connectivity index (χ4v) is 3.64. The van der Waals surface area contributed by atoms with Gasteiger partial charge in [-0.15, -0.1) is 0 Å². The average molecular weight is 464 g/mol. The Morgan fingerprint density at radius 3 is 2.16 bits per heavy atom. The number of H-pyrrole nitrogens is 2. The van der Waals surface area contributed by atoms with Crippen LogP contribution < -0.4 is 26.8 Å². The minimum atomic E-state index is -4.28. The molecular weight excluding hydrogens is 450 g/mol. The SMILES string of the molecule is O=C(NNC(=O)c1cccc(Cl)c1)c1ccc(NS(=O)(=O)c2c[nH]c(=O)[nH]c2=O)cc1. The van der Waals surface area contributed by atoms with Crippen LogP contribution in [-0.4, -0.2) is 30.2 Å². The van der Waals surface area contributed by atoms with Crippen molar-refractivity contribution in [2.45, 2.75) is 4.90 Å². The molecule has 160 valence electrons. The van der Waals surface area contributed by atoms with Crippen molar-refractivity contribution in [3.8, 4) is 0 Å². The highest BCUT2D eigenvalue weighted by atomic mass is 35.5. The first-order chi connectivity index (χ1) is 14.7. The van der Waals surface area contributed by atoms with Gasteiger partial charge >= 0.3 is 5.69 Å². The molecule has 2 aromatic carbocycles. The number of hydrazine groups is 1. The summed E-state index contributed by atoms with van der Waals surface area (Å²) in [6.07, 6.45) is 0.772. The number of sulfonamides is 1. The van der Waals surface area contributed by atoms with E-state index >= 15 is 0 Å². The predicted molar refractivity (Wildman–Crippen MR) is 111 cm³/mol. The van der Waals surface area contributed by atoms with E-state index in [-0.39, 0.29) is 16.8 Å². The molecule has 0 saturated carbocycles. The topological polar surface area (TPSA) is 170 Å². The smallest absolute Gasteiger partial charge is 0.313 e. The average Bonchev–Trinajstić information content (AvgIpc) is 2.71. The molecule has 0 saturated heterocycles. The van der Waals surface area contributed by atoms with E-state index in [4.69, 9.17) is 11.6 Å². The van der Waals surface area contributed by atoms with Crippen molar-refractivity contribution in [1.82, 2.24) is 20.8 Å². The van der Waals surface area contributed by atoms with E-state index in [2.05, 4.69) is 20.6 Å². The summed E-state index contributed by atoms with van der Waals surface area (Å²) in [6.45, 7) is 0. The molecule has 0 bridgehead atoms. The summed E-state index contributed by atoms with van der Waals surface area (Å²) in [4.78, 5) is 50.1. The lowest BCUT2D eigenvalue weighted by atomic mass is 10.2. The second kappa shape index (κ2) is 8.85. The van der Waals surface area contributed by atoms with Gasteiger partial charge in [-0.05, 0) is 42.5 Å². The van der Waals surface area contributed by atoms with Crippen molar-refractivity contribution < 1.29 is 18.0 Å². The van der Waals surface area contributed by atoms with Gasteiger partial charge in [0.1, 0.15) is 0 Å². The molecule has 31 heavy (non-hydrogen) atoms. The standard InChI is InChI=1S/C18H14ClN5O6S/c19-12-3-1-2-11(8-12)16(26)23-22-15(25)10-4-6-13(7-5-10)24-31(29,30)14-9-20-18(28)21-17(14)27/h1-9,24H,(H,22,25)(H,23,26)(H2,20,21,27,28). The largest absolute Gasteiger partial charge is 0.325 e. The zero-order chi connectivity index (χ0) is 22.6. The lowest BCUT2D eigenvalue weighted by Crippen LogP contribution is -2.41. The van der Waals surface area contributed by atoms with Crippen molar-refractivity contribution in [1.29, 1.82) is 0 Å². The van der Waals surface area contributed by atoms with Crippen LogP contribution in [0, 0.1) is 0 Å². The second-order valence-electron chi connectivity index (χ2n) is 6.04. The molecule has 0 aliphatic rings. The van der Waals surface area contributed by atoms with Gasteiger partial charge in [0.15, 0.2) is 4.90 Å². The summed E-state index contributed by atoms with van der Waals surface area (Å²) in [5.41, 5.74) is 2.96. The van der Waals surface area contributed by atoms with E-state index in [9.17, 15) is 27.6 Å². The lowest BCUT2D eigenvalue weighted by Gasteiger charge is -2.09. The number of amides is 2. The van der Waals surface area contributed by atoms with E-state index in [1.54, 1.807) is 12.1 Å². The van der Waals surface area contributed by atoms with Crippen molar-refractivity contribution in [2.75, 3.05) is 4.72 Å². The number of anilines is 1. The number of hydrogen-bond acceptors (Lipinski definition) is 6. The third-order valence-electron chi connectivity index (χ3n) is 3.85. The molecule has 5 N–H and O–H groups in total. The van der Waals surface area contributed by atoms with Crippen molar-refractivity contribution >= 4 is 39.1 Å². The van der Waals surface area contributed by atoms with Crippen LogP contribution in [0.2, 0.25) is 5.02 Å². The van der Waals surface area contributed by atoms with Gasteiger partial charge in [-0.1, -0.05) is 17.7 Å². The third-order valence-corrected chi connectivity index (χ3v) is 5.47. The Labute approximate surface area is 179 Å². The van der Waals surface area contributed by atoms with Crippen LogP contribution in [0.3, 0.4) is 0 Å². The number of carbonyl (C=O) groups is 2. The van der Waals surface area contributed by atoms with Gasteiger partial charge in [-0.2, -0.15) is 0 Å². The molecule has 1 heterocycles. The maximum absolute atomic E-state index is 12.3. The van der Waals surface area contributed by atoms with Gasteiger partial charge in [0.2, 0.25) is 0 Å². The van der Waals surface area contributed by atoms with Crippen LogP contribution in [-0.2, 0) is 10.0 Å². The Kier molecular flexibility index (Phi) is 6.22. The minimum Gasteiger partial charge on any atom is -0.313 e. The second-order valence-corrected chi connectivity index (χ2v) is 8.12. The number of halogens is 1. The van der Waals surface area contributed by atoms with Crippen LogP contribution in [0.15, 0.2) is 69.2 Å². The normalized spacial score (nSPS) is 10.9. The molecule has 3 aromatic rings. The lowest BCUT2D eigenvalue weighted by molar-refractivity contribution is 0.0846. The number of aromatic nitrogens is 2. The summed E-state index contributed by atoms with van der Waals surface area (Å²) >= 11 is 5.81. The quantitative estimate of drug-likeness (QED) is 0.347. The highest BCUT2D eigenvalue weighted by Crippen LogP contribution is 2.14. The molecular formula is C18H14ClN5O6S. The summed E-state index contributed by atoms with van der Waals surface area (Å²) in [6, 6.07) is 11.3. The molecule has 2 amide bonds. The van der Waals surface area contributed by atoms with Crippen LogP contribution in [0.4, 0.5) is 5.69 Å². The minimum absolute atomic E-state index is 0.0603. The monoisotopic (exact) mass is 463 g/mol. The van der Waals surface area contributed by atoms with Crippen molar-refractivity contribution in [3.05, 3.63) is 91.7 Å². The number of hydrogen-bond donors (Lipinski definition) is 5. The maximum atomic E-state index is 12.3. The zero-order valence-electron chi connectivity index (χ0n) is 15.4. The molecule has 0 atom stereocenters. The van der Waals surface area contributed by atoms with Crippen molar-refractivity contribution in [3.63, 3.8) is 0 Å². The van der Waals surface area contributed by atoms with Gasteiger partial charge in [-0.25, -0.2) is 13.2 Å². The summed E-state index contributed by atoms with van der Waals surface area (Å²) in [5, 5.41) is 0.362. The summed E-state index contributed by atoms with van der Waals surface area (Å²) < 4.78 is 26.8. The first-order valence-corrected chi connectivity index (χ1v) is 10.3. The number of benzene rings is 2. The molecule has 1 aromatic heterocycles. The molecule has 0 radical (unpaired) electrons. The third kappa shape index (κ3) is 5.38. The highest BCUT2D eigenvalue weighted by Gasteiger charge is 2.19. The Hall–Kier alpha value is -3.90. The Morgan fingerprint density at radius 2 is 1.55 bits per heavy atom. The predicted octanol–water partition coefficient (Wildman–Crippen LogP) is 0.592. The van der Waals surface area contributed by atoms with Gasteiger partial charge in [0, 0.05) is 28.0 Å². The molecule has 0 unspecified atom stereocenters. The van der Waals surface area contributed by atoms with Gasteiger partial charge in [0.25, 0.3) is 27.4 Å². The van der Waals surface area contributed by atoms with E-state index in [0.29, 0.717) is 5.02 Å². The first kappa shape index (κ1) is 21.8. The van der Waals surface area contributed by atoms with Crippen molar-refractivity contribution in [2.24, 2.45) is 0 Å². The van der Waals surface area contributed by atoms with Crippen LogP contribution >= 0.6 is 11.6 Å². The maximum Gasteiger partial charge on any atom is 0.325 e. The molecule has 0 aliphatic heterocycles. The number of nitrogens with one attached hydrogen (secondary N) is 5. The first-order valence-electron chi connectivity index (χ1n) is 8.47. The Balaban J connectivity index is 1.65. The van der Waals surface area contributed by atoms with E-state index < -0.39 is 38.0 Å². The number of aromatic amines is 2. The van der Waals surface area contributed by atoms with E-state index in [0.717, 1.165) is 6.20 Å². The Morgan fingerprint density at radius 1 is 0.903 bits per heavy atom. The molecule has 0 fully saturated rings. The molecule has 0 aliphatic carbocycles. The molecule has 0 spiro atoms. The Bertz CT molecular complexity index is 1360. The zero-order valence-corrected chi connectivity index (χ0v) is 17.0. The van der Waals surface area contributed by atoms with E-state index in [1.807, 2.05) is 4.98 Å². The summed E-state index contributed by atoms with van der Waals surface area (Å²) in [7, 11) is -4.28.